The first-order valence-electron chi connectivity index (χ1n) is 7.02. The number of rotatable bonds is 6. The van der Waals surface area contributed by atoms with Crippen molar-refractivity contribution in [3.63, 3.8) is 0 Å². The third-order valence-corrected chi connectivity index (χ3v) is 3.89. The van der Waals surface area contributed by atoms with E-state index in [0.29, 0.717) is 12.8 Å². The summed E-state index contributed by atoms with van der Waals surface area (Å²) in [7, 11) is 1.27. The van der Waals surface area contributed by atoms with E-state index in [-0.39, 0.29) is 24.7 Å². The van der Waals surface area contributed by atoms with Gasteiger partial charge in [0.2, 0.25) is 0 Å². The molecule has 1 heterocycles. The van der Waals surface area contributed by atoms with Crippen molar-refractivity contribution in [2.24, 2.45) is 5.92 Å². The number of epoxide rings is 1. The lowest BCUT2D eigenvalue weighted by Crippen LogP contribution is -2.44. The molecule has 7 heteroatoms. The van der Waals surface area contributed by atoms with Crippen LogP contribution in [0, 0.1) is 5.92 Å². The van der Waals surface area contributed by atoms with Crippen molar-refractivity contribution in [3.05, 3.63) is 12.7 Å². The van der Waals surface area contributed by atoms with Gasteiger partial charge in [0.1, 0.15) is 18.8 Å². The Morgan fingerprint density at radius 2 is 2.24 bits per heavy atom. The maximum atomic E-state index is 11.8. The molecular formula is C14H21NO6. The Labute approximate surface area is 123 Å². The van der Waals surface area contributed by atoms with Gasteiger partial charge in [0.25, 0.3) is 0 Å². The van der Waals surface area contributed by atoms with Gasteiger partial charge in [-0.15, -0.1) is 0 Å². The zero-order valence-electron chi connectivity index (χ0n) is 12.0. The molecule has 3 unspecified atom stereocenters. The molecule has 118 valence electrons. The van der Waals surface area contributed by atoms with Crippen LogP contribution in [-0.4, -0.2) is 55.2 Å². The minimum absolute atomic E-state index is 0.0353. The van der Waals surface area contributed by atoms with Gasteiger partial charge in [0.15, 0.2) is 0 Å². The second-order valence-corrected chi connectivity index (χ2v) is 5.31. The van der Waals surface area contributed by atoms with Crippen LogP contribution in [0.5, 0.6) is 0 Å². The average molecular weight is 299 g/mol. The number of methoxy groups -OCH3 is 1. The van der Waals surface area contributed by atoms with Crippen molar-refractivity contribution in [1.82, 2.24) is 5.32 Å². The fourth-order valence-corrected chi connectivity index (χ4v) is 2.77. The van der Waals surface area contributed by atoms with Gasteiger partial charge in [0, 0.05) is 0 Å². The van der Waals surface area contributed by atoms with Crippen molar-refractivity contribution in [2.45, 2.75) is 43.6 Å². The Bertz CT molecular complexity index is 412. The normalized spacial score (nSPS) is 31.5. The first-order valence-corrected chi connectivity index (χ1v) is 7.02. The molecule has 0 aromatic heterocycles. The van der Waals surface area contributed by atoms with Crippen LogP contribution in [-0.2, 0) is 19.0 Å². The van der Waals surface area contributed by atoms with E-state index in [1.807, 2.05) is 0 Å². The van der Waals surface area contributed by atoms with Gasteiger partial charge in [-0.25, -0.2) is 9.59 Å². The molecule has 21 heavy (non-hydrogen) atoms. The van der Waals surface area contributed by atoms with E-state index in [2.05, 4.69) is 11.9 Å². The molecule has 0 bridgehead atoms. The van der Waals surface area contributed by atoms with Crippen LogP contribution in [0.3, 0.4) is 0 Å². The second-order valence-electron chi connectivity index (χ2n) is 5.31. The van der Waals surface area contributed by atoms with Gasteiger partial charge in [-0.05, 0) is 25.2 Å². The van der Waals surface area contributed by atoms with Crippen LogP contribution in [0.15, 0.2) is 12.7 Å². The Morgan fingerprint density at radius 1 is 1.48 bits per heavy atom. The van der Waals surface area contributed by atoms with Gasteiger partial charge in [-0.2, -0.15) is 0 Å². The fourth-order valence-electron chi connectivity index (χ4n) is 2.77. The molecule has 0 aromatic rings. The van der Waals surface area contributed by atoms with Crippen LogP contribution in [0.2, 0.25) is 0 Å². The highest BCUT2D eigenvalue weighted by molar-refractivity contribution is 5.81. The molecule has 2 fully saturated rings. The number of fused-ring (bicyclic) bond motifs is 1. The zero-order chi connectivity index (χ0) is 15.4. The van der Waals surface area contributed by atoms with Crippen molar-refractivity contribution < 1.29 is 28.9 Å². The van der Waals surface area contributed by atoms with Crippen molar-refractivity contribution in [1.29, 1.82) is 0 Å². The van der Waals surface area contributed by atoms with E-state index in [9.17, 15) is 14.7 Å². The molecule has 0 spiro atoms. The summed E-state index contributed by atoms with van der Waals surface area (Å²) in [6.45, 7) is 3.51. The fraction of sp³-hybridized carbons (Fsp3) is 0.714. The summed E-state index contributed by atoms with van der Waals surface area (Å²) in [6.07, 6.45) is 1.96. The van der Waals surface area contributed by atoms with Gasteiger partial charge in [-0.3, -0.25) is 0 Å². The Kier molecular flexibility index (Phi) is 5.19. The van der Waals surface area contributed by atoms with Crippen molar-refractivity contribution >= 4 is 12.1 Å². The van der Waals surface area contributed by atoms with E-state index < -0.39 is 24.2 Å². The van der Waals surface area contributed by atoms with E-state index in [1.54, 1.807) is 0 Å². The number of ether oxygens (including phenoxy) is 3. The third kappa shape index (κ3) is 3.95. The molecular weight excluding hydrogens is 278 g/mol. The second kappa shape index (κ2) is 6.91. The Hall–Kier alpha value is -1.60. The number of nitrogens with one attached hydrogen (secondary N) is 1. The van der Waals surface area contributed by atoms with Crippen LogP contribution in [0.4, 0.5) is 4.79 Å². The number of amides is 1. The predicted molar refractivity (Wildman–Crippen MR) is 72.5 cm³/mol. The SMILES string of the molecule is C=CCOC(=O)N[C@@H](C[C@@H]1CCC(O)C2OC21)C(=O)OC. The van der Waals surface area contributed by atoms with Gasteiger partial charge in [0.05, 0.1) is 19.3 Å². The number of hydrogen-bond acceptors (Lipinski definition) is 6. The molecule has 5 atom stereocenters. The molecule has 1 saturated heterocycles. The van der Waals surface area contributed by atoms with E-state index in [0.717, 1.165) is 6.42 Å². The maximum absolute atomic E-state index is 11.8. The highest BCUT2D eigenvalue weighted by Crippen LogP contribution is 2.42. The number of esters is 1. The minimum atomic E-state index is -0.780. The first kappa shape index (κ1) is 15.8. The summed E-state index contributed by atoms with van der Waals surface area (Å²) in [6, 6.07) is -0.780. The first-order chi connectivity index (χ1) is 10.1. The minimum Gasteiger partial charge on any atom is -0.467 e. The molecule has 2 N–H and O–H groups in total. The molecule has 0 aromatic carbocycles. The zero-order valence-corrected chi connectivity index (χ0v) is 12.0. The lowest BCUT2D eigenvalue weighted by Gasteiger charge is -2.25. The molecule has 1 saturated carbocycles. The topological polar surface area (TPSA) is 97.4 Å². The summed E-state index contributed by atoms with van der Waals surface area (Å²) in [5.74, 6) is -0.406. The van der Waals surface area contributed by atoms with Gasteiger partial charge >= 0.3 is 12.1 Å². The molecule has 2 rings (SSSR count). The van der Waals surface area contributed by atoms with Crippen LogP contribution < -0.4 is 5.32 Å². The van der Waals surface area contributed by atoms with E-state index in [1.165, 1.54) is 13.2 Å². The lowest BCUT2D eigenvalue weighted by molar-refractivity contribution is -0.143. The summed E-state index contributed by atoms with van der Waals surface area (Å²) < 4.78 is 14.9. The quantitative estimate of drug-likeness (QED) is 0.418. The van der Waals surface area contributed by atoms with Crippen LogP contribution in [0.25, 0.3) is 0 Å². The number of aliphatic hydroxyl groups excluding tert-OH is 1. The summed E-state index contributed by atoms with van der Waals surface area (Å²) in [5, 5.41) is 12.2. The average Bonchev–Trinajstić information content (AvgIpc) is 3.27. The highest BCUT2D eigenvalue weighted by Gasteiger charge is 2.52. The molecule has 1 aliphatic carbocycles. The highest BCUT2D eigenvalue weighted by atomic mass is 16.6. The Morgan fingerprint density at radius 3 is 2.90 bits per heavy atom. The molecule has 0 radical (unpaired) electrons. The van der Waals surface area contributed by atoms with E-state index in [4.69, 9.17) is 14.2 Å². The maximum Gasteiger partial charge on any atom is 0.408 e. The molecule has 1 amide bonds. The predicted octanol–water partition coefficient (Wildman–Crippen LogP) is 0.369. The van der Waals surface area contributed by atoms with Gasteiger partial charge < -0.3 is 24.6 Å². The van der Waals surface area contributed by atoms with Crippen molar-refractivity contribution in [2.75, 3.05) is 13.7 Å². The molecule has 7 nitrogen and oxygen atoms in total. The smallest absolute Gasteiger partial charge is 0.408 e. The lowest BCUT2D eigenvalue weighted by atomic mass is 9.83. The molecule has 2 aliphatic rings. The number of alkyl carbamates (subject to hydrolysis) is 1. The monoisotopic (exact) mass is 299 g/mol. The van der Waals surface area contributed by atoms with Crippen LogP contribution >= 0.6 is 0 Å². The van der Waals surface area contributed by atoms with E-state index >= 15 is 0 Å². The van der Waals surface area contributed by atoms with Crippen molar-refractivity contribution in [3.8, 4) is 0 Å². The summed E-state index contributed by atoms with van der Waals surface area (Å²) in [4.78, 5) is 23.3. The largest absolute Gasteiger partial charge is 0.467 e. The van der Waals surface area contributed by atoms with Crippen LogP contribution in [0.1, 0.15) is 19.3 Å². The third-order valence-electron chi connectivity index (χ3n) is 3.89. The summed E-state index contributed by atoms with van der Waals surface area (Å²) >= 11 is 0. The summed E-state index contributed by atoms with van der Waals surface area (Å²) in [5.41, 5.74) is 0. The number of hydrogen-bond donors (Lipinski definition) is 2. The number of aliphatic hydroxyl groups is 1. The Balaban J connectivity index is 1.89. The number of carbonyl (C=O) groups excluding carboxylic acids is 2. The molecule has 1 aliphatic heterocycles. The number of carbonyl (C=O) groups is 2. The standard InChI is InChI=1S/C14H21NO6/c1-3-6-20-14(18)15-9(13(17)19-2)7-8-4-5-10(16)12-11(8)21-12/h3,8-12,16H,1,4-7H2,2H3,(H,15,18)/t8-,9-,10?,11?,12?/m0/s1. The van der Waals surface area contributed by atoms with Gasteiger partial charge in [-0.1, -0.05) is 12.7 Å².